The van der Waals surface area contributed by atoms with Gasteiger partial charge >= 0.3 is 0 Å². The lowest BCUT2D eigenvalue weighted by atomic mass is 9.92. The van der Waals surface area contributed by atoms with Crippen LogP contribution in [0.1, 0.15) is 47.5 Å². The second-order valence-electron chi connectivity index (χ2n) is 8.16. The van der Waals surface area contributed by atoms with Crippen molar-refractivity contribution in [1.29, 1.82) is 0 Å². The van der Waals surface area contributed by atoms with Gasteiger partial charge in [-0.15, -0.1) is 0 Å². The van der Waals surface area contributed by atoms with Crippen LogP contribution in [0.15, 0.2) is 0 Å². The van der Waals surface area contributed by atoms with E-state index in [-0.39, 0.29) is 11.3 Å². The SMILES string of the molecule is CC(C)CC(CNC(=O)CC(C)(C)C)N1CCN(C)CC1. The van der Waals surface area contributed by atoms with Crippen LogP contribution in [0.4, 0.5) is 0 Å². The van der Waals surface area contributed by atoms with E-state index in [0.29, 0.717) is 18.4 Å². The zero-order valence-corrected chi connectivity index (χ0v) is 14.9. The lowest BCUT2D eigenvalue weighted by Gasteiger charge is -2.39. The van der Waals surface area contributed by atoms with Gasteiger partial charge < -0.3 is 10.2 Å². The van der Waals surface area contributed by atoms with E-state index in [1.54, 1.807) is 0 Å². The highest BCUT2D eigenvalue weighted by Gasteiger charge is 2.24. The molecule has 1 aliphatic rings. The molecule has 1 rings (SSSR count). The van der Waals surface area contributed by atoms with E-state index in [9.17, 15) is 4.79 Å². The van der Waals surface area contributed by atoms with Crippen LogP contribution < -0.4 is 5.32 Å². The molecular weight excluding hydrogens is 262 g/mol. The maximum absolute atomic E-state index is 12.0. The highest BCUT2D eigenvalue weighted by Crippen LogP contribution is 2.18. The summed E-state index contributed by atoms with van der Waals surface area (Å²) < 4.78 is 0. The van der Waals surface area contributed by atoms with Crippen LogP contribution >= 0.6 is 0 Å². The van der Waals surface area contributed by atoms with E-state index in [2.05, 4.69) is 56.8 Å². The molecule has 0 saturated carbocycles. The Morgan fingerprint density at radius 1 is 1.14 bits per heavy atom. The van der Waals surface area contributed by atoms with Crippen LogP contribution in [0.2, 0.25) is 0 Å². The fourth-order valence-electron chi connectivity index (χ4n) is 2.87. The van der Waals surface area contributed by atoms with E-state index in [4.69, 9.17) is 0 Å². The summed E-state index contributed by atoms with van der Waals surface area (Å²) in [6, 6.07) is 0.475. The molecule has 1 N–H and O–H groups in total. The molecule has 4 heteroatoms. The number of hydrogen-bond acceptors (Lipinski definition) is 3. The van der Waals surface area contributed by atoms with Gasteiger partial charge in [-0.1, -0.05) is 34.6 Å². The molecule has 4 nitrogen and oxygen atoms in total. The highest BCUT2D eigenvalue weighted by atomic mass is 16.1. The number of nitrogens with zero attached hydrogens (tertiary/aromatic N) is 2. The number of carbonyl (C=O) groups excluding carboxylic acids is 1. The molecule has 1 aliphatic heterocycles. The summed E-state index contributed by atoms with van der Waals surface area (Å²) in [5.41, 5.74) is 0.0610. The second kappa shape index (κ2) is 8.14. The van der Waals surface area contributed by atoms with E-state index < -0.39 is 0 Å². The van der Waals surface area contributed by atoms with E-state index in [1.807, 2.05) is 0 Å². The molecule has 0 aromatic rings. The summed E-state index contributed by atoms with van der Waals surface area (Å²) in [5.74, 6) is 0.847. The monoisotopic (exact) mass is 297 g/mol. The third kappa shape index (κ3) is 7.82. The third-order valence-electron chi connectivity index (χ3n) is 4.02. The molecule has 1 heterocycles. The van der Waals surface area contributed by atoms with Crippen LogP contribution in [0.25, 0.3) is 0 Å². The second-order valence-corrected chi connectivity index (χ2v) is 8.16. The van der Waals surface area contributed by atoms with Crippen molar-refractivity contribution in [2.45, 2.75) is 53.5 Å². The Kier molecular flexibility index (Phi) is 7.14. The fourth-order valence-corrected chi connectivity index (χ4v) is 2.87. The molecular formula is C17H35N3O. The van der Waals surface area contributed by atoms with Crippen molar-refractivity contribution in [2.24, 2.45) is 11.3 Å². The first kappa shape index (κ1) is 18.4. The lowest BCUT2D eigenvalue weighted by molar-refractivity contribution is -0.123. The average Bonchev–Trinajstić information content (AvgIpc) is 2.33. The van der Waals surface area contributed by atoms with Crippen molar-refractivity contribution in [1.82, 2.24) is 15.1 Å². The summed E-state index contributed by atoms with van der Waals surface area (Å²) in [7, 11) is 2.18. The van der Waals surface area contributed by atoms with E-state index in [0.717, 1.165) is 39.1 Å². The Balaban J connectivity index is 2.48. The Morgan fingerprint density at radius 3 is 2.19 bits per heavy atom. The van der Waals surface area contributed by atoms with E-state index >= 15 is 0 Å². The smallest absolute Gasteiger partial charge is 0.220 e. The Morgan fingerprint density at radius 2 is 1.71 bits per heavy atom. The molecule has 21 heavy (non-hydrogen) atoms. The number of rotatable bonds is 6. The van der Waals surface area contributed by atoms with Crippen molar-refractivity contribution < 1.29 is 4.79 Å². The van der Waals surface area contributed by atoms with E-state index in [1.165, 1.54) is 0 Å². The first-order chi connectivity index (χ1) is 9.67. The van der Waals surface area contributed by atoms with Crippen molar-refractivity contribution in [3.05, 3.63) is 0 Å². The molecule has 0 aromatic carbocycles. The molecule has 0 aliphatic carbocycles. The highest BCUT2D eigenvalue weighted by molar-refractivity contribution is 5.76. The number of hydrogen-bond donors (Lipinski definition) is 1. The Bertz CT molecular complexity index is 314. The lowest BCUT2D eigenvalue weighted by Crippen LogP contribution is -2.52. The number of piperazine rings is 1. The zero-order chi connectivity index (χ0) is 16.0. The quantitative estimate of drug-likeness (QED) is 0.816. The van der Waals surface area contributed by atoms with Crippen LogP contribution in [0, 0.1) is 11.3 Å². The Hall–Kier alpha value is -0.610. The maximum atomic E-state index is 12.0. The van der Waals surface area contributed by atoms with Gasteiger partial charge in [-0.2, -0.15) is 0 Å². The van der Waals surface area contributed by atoms with Crippen molar-refractivity contribution in [3.63, 3.8) is 0 Å². The number of carbonyl (C=O) groups is 1. The van der Waals surface area contributed by atoms with Gasteiger partial charge in [0.2, 0.25) is 5.91 Å². The van der Waals surface area contributed by atoms with Crippen LogP contribution in [0.5, 0.6) is 0 Å². The van der Waals surface area contributed by atoms with Crippen molar-refractivity contribution >= 4 is 5.91 Å². The predicted molar refractivity (Wildman–Crippen MR) is 89.4 cm³/mol. The third-order valence-corrected chi connectivity index (χ3v) is 4.02. The van der Waals surface area contributed by atoms with Gasteiger partial charge in [0.15, 0.2) is 0 Å². The number of likely N-dealkylation sites (N-methyl/N-ethyl adjacent to an activating group) is 1. The minimum Gasteiger partial charge on any atom is -0.355 e. The van der Waals surface area contributed by atoms with Crippen LogP contribution in [0.3, 0.4) is 0 Å². The van der Waals surface area contributed by atoms with Gasteiger partial charge in [0.1, 0.15) is 0 Å². The summed E-state index contributed by atoms with van der Waals surface area (Å²) >= 11 is 0. The van der Waals surface area contributed by atoms with Crippen molar-refractivity contribution in [3.8, 4) is 0 Å². The topological polar surface area (TPSA) is 35.6 Å². The molecule has 0 aromatic heterocycles. The summed E-state index contributed by atoms with van der Waals surface area (Å²) in [5, 5.41) is 3.16. The van der Waals surface area contributed by atoms with Crippen LogP contribution in [-0.2, 0) is 4.79 Å². The van der Waals surface area contributed by atoms with Gasteiger partial charge in [0, 0.05) is 45.2 Å². The van der Waals surface area contributed by atoms with Gasteiger partial charge in [-0.25, -0.2) is 0 Å². The van der Waals surface area contributed by atoms with Gasteiger partial charge in [0.25, 0.3) is 0 Å². The number of nitrogens with one attached hydrogen (secondary N) is 1. The van der Waals surface area contributed by atoms with Gasteiger partial charge in [0.05, 0.1) is 0 Å². The van der Waals surface area contributed by atoms with Crippen LogP contribution in [-0.4, -0.2) is 61.5 Å². The van der Waals surface area contributed by atoms with Gasteiger partial charge in [-0.05, 0) is 24.8 Å². The molecule has 1 atom stereocenters. The predicted octanol–water partition coefficient (Wildman–Crippen LogP) is 2.20. The molecule has 0 spiro atoms. The largest absolute Gasteiger partial charge is 0.355 e. The average molecular weight is 297 g/mol. The first-order valence-corrected chi connectivity index (χ1v) is 8.36. The summed E-state index contributed by atoms with van der Waals surface area (Å²) in [4.78, 5) is 17.0. The van der Waals surface area contributed by atoms with Gasteiger partial charge in [-0.3, -0.25) is 9.69 Å². The zero-order valence-electron chi connectivity index (χ0n) is 14.9. The van der Waals surface area contributed by atoms with Crippen molar-refractivity contribution in [2.75, 3.05) is 39.8 Å². The minimum atomic E-state index is 0.0610. The molecule has 1 amide bonds. The molecule has 0 bridgehead atoms. The molecule has 124 valence electrons. The minimum absolute atomic E-state index is 0.0610. The molecule has 1 fully saturated rings. The summed E-state index contributed by atoms with van der Waals surface area (Å²) in [6.07, 6.45) is 1.75. The molecule has 0 radical (unpaired) electrons. The Labute approximate surface area is 131 Å². The fraction of sp³-hybridized carbons (Fsp3) is 0.941. The number of amides is 1. The standard InChI is InChI=1S/C17H35N3O/c1-14(2)11-15(20-9-7-19(6)8-10-20)13-18-16(21)12-17(3,4)5/h14-15H,7-13H2,1-6H3,(H,18,21). The summed E-state index contributed by atoms with van der Waals surface area (Å²) in [6.45, 7) is 16.1. The first-order valence-electron chi connectivity index (χ1n) is 8.36. The maximum Gasteiger partial charge on any atom is 0.220 e. The molecule has 1 saturated heterocycles. The molecule has 1 unspecified atom stereocenters. The normalized spacial score (nSPS) is 19.8.